The molecule has 0 saturated heterocycles. The van der Waals surface area contributed by atoms with Gasteiger partial charge in [0.25, 0.3) is 0 Å². The molecule has 0 unspecified atom stereocenters. The van der Waals surface area contributed by atoms with E-state index in [-0.39, 0.29) is 17.6 Å². The number of carbonyl (C=O) groups excluding carboxylic acids is 1. The van der Waals surface area contributed by atoms with Crippen LogP contribution in [0.4, 0.5) is 0 Å². The van der Waals surface area contributed by atoms with Crippen molar-refractivity contribution in [1.29, 1.82) is 0 Å². The Morgan fingerprint density at radius 2 is 2.00 bits per heavy atom. The van der Waals surface area contributed by atoms with E-state index in [4.69, 9.17) is 28.3 Å². The van der Waals surface area contributed by atoms with E-state index < -0.39 is 12.0 Å². The van der Waals surface area contributed by atoms with Gasteiger partial charge in [0, 0.05) is 9.92 Å². The Kier molecular flexibility index (Phi) is 7.35. The summed E-state index contributed by atoms with van der Waals surface area (Å²) in [5.41, 5.74) is 0. The first-order chi connectivity index (χ1) is 9.79. The topological polar surface area (TPSA) is 66.4 Å². The third kappa shape index (κ3) is 6.59. The van der Waals surface area contributed by atoms with E-state index in [9.17, 15) is 9.59 Å². The van der Waals surface area contributed by atoms with Gasteiger partial charge >= 0.3 is 5.97 Å². The molecule has 0 bridgehead atoms. The van der Waals surface area contributed by atoms with Crippen molar-refractivity contribution in [2.24, 2.45) is 5.92 Å². The van der Waals surface area contributed by atoms with Gasteiger partial charge in [0.1, 0.15) is 6.04 Å². The van der Waals surface area contributed by atoms with E-state index in [2.05, 4.69) is 5.32 Å². The van der Waals surface area contributed by atoms with Crippen molar-refractivity contribution in [3.63, 3.8) is 0 Å². The minimum atomic E-state index is -1.03. The fourth-order valence-electron chi connectivity index (χ4n) is 1.66. The molecule has 0 fully saturated rings. The third-order valence-corrected chi connectivity index (χ3v) is 4.32. The van der Waals surface area contributed by atoms with Gasteiger partial charge in [-0.1, -0.05) is 37.0 Å². The summed E-state index contributed by atoms with van der Waals surface area (Å²) in [7, 11) is 0. The van der Waals surface area contributed by atoms with Crippen molar-refractivity contribution in [2.45, 2.75) is 31.2 Å². The van der Waals surface area contributed by atoms with Crippen LogP contribution < -0.4 is 5.32 Å². The van der Waals surface area contributed by atoms with Crippen LogP contribution in [0.15, 0.2) is 23.1 Å². The van der Waals surface area contributed by atoms with Crippen molar-refractivity contribution < 1.29 is 14.7 Å². The number of hydrogen-bond acceptors (Lipinski definition) is 3. The Morgan fingerprint density at radius 3 is 2.57 bits per heavy atom. The standard InChI is InChI=1S/C14H17Cl2NO3S/c1-8(2)5-11(14(19)20)17-13(18)7-21-12-6-9(15)3-4-10(12)16/h3-4,6,8,11H,5,7H2,1-2H3,(H,17,18)(H,19,20)/t11-/m1/s1. The predicted octanol–water partition coefficient (Wildman–Crippen LogP) is 3.70. The zero-order valence-corrected chi connectivity index (χ0v) is 14.1. The molecule has 0 aromatic heterocycles. The first-order valence-corrected chi connectivity index (χ1v) is 8.13. The molecule has 0 aliphatic rings. The van der Waals surface area contributed by atoms with Crippen LogP contribution in [-0.2, 0) is 9.59 Å². The minimum absolute atomic E-state index is 0.0853. The average molecular weight is 350 g/mol. The Labute approximate surface area is 138 Å². The highest BCUT2D eigenvalue weighted by molar-refractivity contribution is 8.00. The Balaban J connectivity index is 2.56. The summed E-state index contributed by atoms with van der Waals surface area (Å²) in [4.78, 5) is 23.6. The lowest BCUT2D eigenvalue weighted by Crippen LogP contribution is -2.42. The lowest BCUT2D eigenvalue weighted by atomic mass is 10.0. The maximum atomic E-state index is 11.8. The number of benzene rings is 1. The van der Waals surface area contributed by atoms with Crippen molar-refractivity contribution in [3.8, 4) is 0 Å². The van der Waals surface area contributed by atoms with Gasteiger partial charge in [-0.05, 0) is 30.5 Å². The quantitative estimate of drug-likeness (QED) is 0.736. The summed E-state index contributed by atoms with van der Waals surface area (Å²) in [6.45, 7) is 3.81. The number of amides is 1. The Bertz CT molecular complexity index is 523. The molecule has 4 nitrogen and oxygen atoms in total. The Hall–Kier alpha value is -0.910. The largest absolute Gasteiger partial charge is 0.480 e. The molecule has 7 heteroatoms. The lowest BCUT2D eigenvalue weighted by molar-refractivity contribution is -0.141. The molecule has 0 aliphatic heterocycles. The average Bonchev–Trinajstić information content (AvgIpc) is 2.38. The number of nitrogens with one attached hydrogen (secondary N) is 1. The smallest absolute Gasteiger partial charge is 0.326 e. The van der Waals surface area contributed by atoms with Crippen LogP contribution >= 0.6 is 35.0 Å². The first kappa shape index (κ1) is 18.1. The third-order valence-electron chi connectivity index (χ3n) is 2.59. The predicted molar refractivity (Wildman–Crippen MR) is 86.2 cm³/mol. The van der Waals surface area contributed by atoms with Crippen molar-refractivity contribution in [1.82, 2.24) is 5.32 Å². The molecule has 0 heterocycles. The van der Waals surface area contributed by atoms with Crippen molar-refractivity contribution >= 4 is 46.8 Å². The summed E-state index contributed by atoms with van der Waals surface area (Å²) in [5, 5.41) is 12.6. The minimum Gasteiger partial charge on any atom is -0.480 e. The van der Waals surface area contributed by atoms with Gasteiger partial charge < -0.3 is 10.4 Å². The first-order valence-electron chi connectivity index (χ1n) is 6.39. The van der Waals surface area contributed by atoms with E-state index in [1.165, 1.54) is 11.8 Å². The molecule has 1 rings (SSSR count). The van der Waals surface area contributed by atoms with Crippen LogP contribution in [0.2, 0.25) is 10.0 Å². The number of carboxylic acids is 1. The molecular formula is C14H17Cl2NO3S. The second-order valence-electron chi connectivity index (χ2n) is 4.95. The molecule has 116 valence electrons. The number of halogens is 2. The van der Waals surface area contributed by atoms with E-state index in [0.29, 0.717) is 21.4 Å². The van der Waals surface area contributed by atoms with E-state index >= 15 is 0 Å². The molecule has 1 aromatic carbocycles. The fourth-order valence-corrected chi connectivity index (χ4v) is 2.96. The molecule has 1 aromatic rings. The van der Waals surface area contributed by atoms with Gasteiger partial charge in [-0.2, -0.15) is 0 Å². The summed E-state index contributed by atoms with van der Waals surface area (Å²) >= 11 is 13.1. The molecule has 2 N–H and O–H groups in total. The molecule has 21 heavy (non-hydrogen) atoms. The van der Waals surface area contributed by atoms with Crippen LogP contribution in [0.3, 0.4) is 0 Å². The van der Waals surface area contributed by atoms with E-state index in [0.717, 1.165) is 0 Å². The number of thioether (sulfide) groups is 1. The molecule has 0 saturated carbocycles. The second-order valence-corrected chi connectivity index (χ2v) is 6.81. The molecular weight excluding hydrogens is 333 g/mol. The number of hydrogen-bond donors (Lipinski definition) is 2. The maximum absolute atomic E-state index is 11.8. The molecule has 1 atom stereocenters. The highest BCUT2D eigenvalue weighted by Crippen LogP contribution is 2.29. The van der Waals surface area contributed by atoms with Gasteiger partial charge in [0.15, 0.2) is 0 Å². The SMILES string of the molecule is CC(C)C[C@@H](NC(=O)CSc1cc(Cl)ccc1Cl)C(=O)O. The number of aliphatic carboxylic acids is 1. The fraction of sp³-hybridized carbons (Fsp3) is 0.429. The van der Waals surface area contributed by atoms with E-state index in [1.54, 1.807) is 18.2 Å². The number of carboxylic acid groups (broad SMARTS) is 1. The van der Waals surface area contributed by atoms with Gasteiger partial charge in [-0.25, -0.2) is 4.79 Å². The second kappa shape index (κ2) is 8.51. The van der Waals surface area contributed by atoms with Crippen molar-refractivity contribution in [2.75, 3.05) is 5.75 Å². The van der Waals surface area contributed by atoms with Gasteiger partial charge in [-0.3, -0.25) is 4.79 Å². The number of rotatable bonds is 7. The van der Waals surface area contributed by atoms with Crippen LogP contribution in [0.25, 0.3) is 0 Å². The van der Waals surface area contributed by atoms with Gasteiger partial charge in [0.2, 0.25) is 5.91 Å². The van der Waals surface area contributed by atoms with Gasteiger partial charge in [-0.15, -0.1) is 11.8 Å². The zero-order chi connectivity index (χ0) is 16.0. The summed E-state index contributed by atoms with van der Waals surface area (Å²) in [6, 6.07) is 4.12. The highest BCUT2D eigenvalue weighted by Gasteiger charge is 2.21. The van der Waals surface area contributed by atoms with Crippen LogP contribution in [0, 0.1) is 5.92 Å². The summed E-state index contributed by atoms with van der Waals surface area (Å²) in [5.74, 6) is -1.10. The van der Waals surface area contributed by atoms with Gasteiger partial charge in [0.05, 0.1) is 10.8 Å². The monoisotopic (exact) mass is 349 g/mol. The Morgan fingerprint density at radius 1 is 1.33 bits per heavy atom. The van der Waals surface area contributed by atoms with Crippen molar-refractivity contribution in [3.05, 3.63) is 28.2 Å². The zero-order valence-electron chi connectivity index (χ0n) is 11.7. The highest BCUT2D eigenvalue weighted by atomic mass is 35.5. The van der Waals surface area contributed by atoms with Crippen LogP contribution in [0.1, 0.15) is 20.3 Å². The van der Waals surface area contributed by atoms with Crippen LogP contribution in [0.5, 0.6) is 0 Å². The number of carbonyl (C=O) groups is 2. The molecule has 0 radical (unpaired) electrons. The molecule has 0 spiro atoms. The van der Waals surface area contributed by atoms with Crippen LogP contribution in [-0.4, -0.2) is 28.8 Å². The maximum Gasteiger partial charge on any atom is 0.326 e. The van der Waals surface area contributed by atoms with E-state index in [1.807, 2.05) is 13.8 Å². The lowest BCUT2D eigenvalue weighted by Gasteiger charge is -2.16. The molecule has 1 amide bonds. The molecule has 0 aliphatic carbocycles. The normalized spacial score (nSPS) is 12.2. The summed E-state index contributed by atoms with van der Waals surface area (Å²) < 4.78 is 0. The summed E-state index contributed by atoms with van der Waals surface area (Å²) in [6.07, 6.45) is 0.393.